The zero-order valence-electron chi connectivity index (χ0n) is 10.6. The lowest BCUT2D eigenvalue weighted by Crippen LogP contribution is -2.44. The predicted molar refractivity (Wildman–Crippen MR) is 70.0 cm³/mol. The first kappa shape index (κ1) is 10.9. The number of methoxy groups -OCH3 is 1. The Balaban J connectivity index is 2.01. The topological polar surface area (TPSA) is 24.5 Å². The molecule has 1 N–H and O–H groups in total. The monoisotopic (exact) mass is 232 g/mol. The molecule has 2 aliphatic rings. The van der Waals surface area contributed by atoms with Gasteiger partial charge in [-0.1, -0.05) is 6.07 Å². The van der Waals surface area contributed by atoms with Crippen molar-refractivity contribution in [1.29, 1.82) is 0 Å². The minimum absolute atomic E-state index is 0.730. The summed E-state index contributed by atoms with van der Waals surface area (Å²) in [6.45, 7) is 3.45. The molecule has 0 aromatic heterocycles. The average Bonchev–Trinajstić information content (AvgIpc) is 2.38. The predicted octanol–water partition coefficient (Wildman–Crippen LogP) is 1.84. The van der Waals surface area contributed by atoms with Gasteiger partial charge in [-0.15, -0.1) is 0 Å². The van der Waals surface area contributed by atoms with Gasteiger partial charge in [-0.3, -0.25) is 0 Å². The van der Waals surface area contributed by atoms with E-state index in [1.165, 1.54) is 17.7 Å². The van der Waals surface area contributed by atoms with Crippen molar-refractivity contribution in [3.63, 3.8) is 0 Å². The molecule has 3 rings (SSSR count). The number of ether oxygens (including phenoxy) is 1. The van der Waals surface area contributed by atoms with Crippen LogP contribution in [0.5, 0.6) is 5.75 Å². The first-order chi connectivity index (χ1) is 8.29. The standard InChI is InChI=1S/C14H20N2O/c1-16-9-10-8-15-6-5-12(10)13-4-3-11(17-2)7-14(13)16/h3-4,7,10,12,15H,5-6,8-9H2,1-2H3. The highest BCUT2D eigenvalue weighted by Gasteiger charge is 2.33. The maximum Gasteiger partial charge on any atom is 0.120 e. The molecule has 1 aromatic rings. The molecular weight excluding hydrogens is 212 g/mol. The molecule has 1 saturated heterocycles. The smallest absolute Gasteiger partial charge is 0.120 e. The van der Waals surface area contributed by atoms with Crippen molar-refractivity contribution in [1.82, 2.24) is 5.32 Å². The van der Waals surface area contributed by atoms with Gasteiger partial charge < -0.3 is 15.0 Å². The third-order valence-corrected chi connectivity index (χ3v) is 4.16. The zero-order chi connectivity index (χ0) is 11.8. The van der Waals surface area contributed by atoms with E-state index in [2.05, 4.69) is 35.5 Å². The largest absolute Gasteiger partial charge is 0.497 e. The fourth-order valence-electron chi connectivity index (χ4n) is 3.27. The van der Waals surface area contributed by atoms with E-state index in [4.69, 9.17) is 4.74 Å². The van der Waals surface area contributed by atoms with E-state index in [1.54, 1.807) is 7.11 Å². The van der Waals surface area contributed by atoms with E-state index in [9.17, 15) is 0 Å². The third-order valence-electron chi connectivity index (χ3n) is 4.16. The highest BCUT2D eigenvalue weighted by Crippen LogP contribution is 2.42. The maximum atomic E-state index is 5.33. The van der Waals surface area contributed by atoms with Crippen LogP contribution in [0.2, 0.25) is 0 Å². The van der Waals surface area contributed by atoms with Crippen molar-refractivity contribution in [3.8, 4) is 5.75 Å². The molecule has 3 heteroatoms. The van der Waals surface area contributed by atoms with Crippen LogP contribution in [0, 0.1) is 5.92 Å². The van der Waals surface area contributed by atoms with Gasteiger partial charge in [0.15, 0.2) is 0 Å². The lowest BCUT2D eigenvalue weighted by molar-refractivity contribution is 0.318. The van der Waals surface area contributed by atoms with Crippen LogP contribution in [0.4, 0.5) is 5.69 Å². The average molecular weight is 232 g/mol. The van der Waals surface area contributed by atoms with E-state index in [1.807, 2.05) is 0 Å². The fourth-order valence-corrected chi connectivity index (χ4v) is 3.27. The summed E-state index contributed by atoms with van der Waals surface area (Å²) in [6.07, 6.45) is 1.26. The Bertz CT molecular complexity index is 419. The van der Waals surface area contributed by atoms with E-state index in [0.717, 1.165) is 37.2 Å². The molecule has 2 atom stereocenters. The molecule has 0 bridgehead atoms. The van der Waals surface area contributed by atoms with E-state index < -0.39 is 0 Å². The van der Waals surface area contributed by atoms with E-state index >= 15 is 0 Å². The molecule has 1 aromatic carbocycles. The van der Waals surface area contributed by atoms with Crippen LogP contribution in [0.15, 0.2) is 18.2 Å². The molecule has 0 aliphatic carbocycles. The highest BCUT2D eigenvalue weighted by atomic mass is 16.5. The summed E-state index contributed by atoms with van der Waals surface area (Å²) in [5, 5.41) is 3.51. The van der Waals surface area contributed by atoms with Gasteiger partial charge in [0.05, 0.1) is 7.11 Å². The van der Waals surface area contributed by atoms with E-state index in [-0.39, 0.29) is 0 Å². The molecule has 1 fully saturated rings. The number of benzene rings is 1. The Morgan fingerprint density at radius 2 is 2.29 bits per heavy atom. The maximum absolute atomic E-state index is 5.33. The Morgan fingerprint density at radius 3 is 3.12 bits per heavy atom. The van der Waals surface area contributed by atoms with Crippen molar-refractivity contribution >= 4 is 5.69 Å². The Kier molecular flexibility index (Phi) is 2.71. The number of hydrogen-bond acceptors (Lipinski definition) is 3. The Hall–Kier alpha value is -1.22. The van der Waals surface area contributed by atoms with Crippen molar-refractivity contribution in [2.45, 2.75) is 12.3 Å². The lowest BCUT2D eigenvalue weighted by atomic mass is 9.77. The van der Waals surface area contributed by atoms with Crippen LogP contribution in [0.25, 0.3) is 0 Å². The summed E-state index contributed by atoms with van der Waals surface area (Å²) >= 11 is 0. The quantitative estimate of drug-likeness (QED) is 0.799. The summed E-state index contributed by atoms with van der Waals surface area (Å²) in [5.74, 6) is 2.45. The number of piperidine rings is 1. The zero-order valence-corrected chi connectivity index (χ0v) is 10.6. The SMILES string of the molecule is COc1ccc2c(c1)N(C)CC1CNCCC21. The molecule has 0 amide bonds. The molecule has 0 saturated carbocycles. The second-order valence-electron chi connectivity index (χ2n) is 5.16. The summed E-state index contributed by atoms with van der Waals surface area (Å²) in [6, 6.07) is 6.53. The van der Waals surface area contributed by atoms with Crippen molar-refractivity contribution in [2.75, 3.05) is 38.7 Å². The summed E-state index contributed by atoms with van der Waals surface area (Å²) in [5.41, 5.74) is 2.86. The van der Waals surface area contributed by atoms with Gasteiger partial charge >= 0.3 is 0 Å². The van der Waals surface area contributed by atoms with Gasteiger partial charge in [0.25, 0.3) is 0 Å². The second kappa shape index (κ2) is 4.22. The molecule has 92 valence electrons. The van der Waals surface area contributed by atoms with Crippen LogP contribution < -0.4 is 15.0 Å². The summed E-state index contributed by atoms with van der Waals surface area (Å²) < 4.78 is 5.33. The van der Waals surface area contributed by atoms with Crippen LogP contribution in [0.1, 0.15) is 17.9 Å². The molecular formula is C14H20N2O. The number of nitrogens with zero attached hydrogens (tertiary/aromatic N) is 1. The minimum atomic E-state index is 0.730. The van der Waals surface area contributed by atoms with Crippen LogP contribution in [-0.2, 0) is 0 Å². The second-order valence-corrected chi connectivity index (χ2v) is 5.16. The van der Waals surface area contributed by atoms with Gasteiger partial charge in [0.1, 0.15) is 5.75 Å². The lowest BCUT2D eigenvalue weighted by Gasteiger charge is -2.42. The van der Waals surface area contributed by atoms with Crippen LogP contribution in [0.3, 0.4) is 0 Å². The van der Waals surface area contributed by atoms with Gasteiger partial charge in [0, 0.05) is 31.9 Å². The number of fused-ring (bicyclic) bond motifs is 3. The number of hydrogen-bond donors (Lipinski definition) is 1. The molecule has 17 heavy (non-hydrogen) atoms. The Labute approximate surface area is 103 Å². The van der Waals surface area contributed by atoms with Gasteiger partial charge in [-0.05, 0) is 36.4 Å². The fraction of sp³-hybridized carbons (Fsp3) is 0.571. The molecule has 2 heterocycles. The third kappa shape index (κ3) is 1.78. The first-order valence-electron chi connectivity index (χ1n) is 6.39. The molecule has 2 unspecified atom stereocenters. The normalized spacial score (nSPS) is 27.3. The molecule has 0 radical (unpaired) electrons. The Morgan fingerprint density at radius 1 is 1.41 bits per heavy atom. The molecule has 3 nitrogen and oxygen atoms in total. The minimum Gasteiger partial charge on any atom is -0.497 e. The van der Waals surface area contributed by atoms with Gasteiger partial charge in [-0.2, -0.15) is 0 Å². The molecule has 2 aliphatic heterocycles. The van der Waals surface area contributed by atoms with Crippen LogP contribution >= 0.6 is 0 Å². The molecule has 0 spiro atoms. The number of nitrogens with one attached hydrogen (secondary N) is 1. The van der Waals surface area contributed by atoms with Gasteiger partial charge in [0.2, 0.25) is 0 Å². The van der Waals surface area contributed by atoms with Crippen LogP contribution in [-0.4, -0.2) is 33.8 Å². The van der Waals surface area contributed by atoms with Crippen molar-refractivity contribution in [2.24, 2.45) is 5.92 Å². The van der Waals surface area contributed by atoms with Crippen molar-refractivity contribution < 1.29 is 4.74 Å². The number of rotatable bonds is 1. The first-order valence-corrected chi connectivity index (χ1v) is 6.39. The van der Waals surface area contributed by atoms with Crippen molar-refractivity contribution in [3.05, 3.63) is 23.8 Å². The summed E-state index contributed by atoms with van der Waals surface area (Å²) in [7, 11) is 3.92. The number of anilines is 1. The van der Waals surface area contributed by atoms with E-state index in [0.29, 0.717) is 0 Å². The summed E-state index contributed by atoms with van der Waals surface area (Å²) in [4.78, 5) is 2.37. The van der Waals surface area contributed by atoms with Gasteiger partial charge in [-0.25, -0.2) is 0 Å². The highest BCUT2D eigenvalue weighted by molar-refractivity contribution is 5.60.